The fourth-order valence-electron chi connectivity index (χ4n) is 2.64. The van der Waals surface area contributed by atoms with Gasteiger partial charge in [0.05, 0.1) is 29.9 Å². The number of nitrogens with one attached hydrogen (secondary N) is 1. The molecule has 1 N–H and O–H groups in total. The number of methoxy groups -OCH3 is 1. The Morgan fingerprint density at radius 3 is 2.32 bits per heavy atom. The van der Waals surface area contributed by atoms with Crippen LogP contribution in [0.5, 0.6) is 5.75 Å². The van der Waals surface area contributed by atoms with E-state index in [4.69, 9.17) is 4.74 Å². The quantitative estimate of drug-likeness (QED) is 0.760. The normalized spacial score (nSPS) is 11.3. The number of ether oxygens (including phenoxy) is 1. The van der Waals surface area contributed by atoms with Gasteiger partial charge in [-0.3, -0.25) is 4.72 Å². The summed E-state index contributed by atoms with van der Waals surface area (Å²) in [6, 6.07) is 16.1. The Kier molecular flexibility index (Phi) is 4.50. The summed E-state index contributed by atoms with van der Waals surface area (Å²) < 4.78 is 35.1. The number of aryl methyl sites for hydroxylation is 1. The van der Waals surface area contributed by atoms with Crippen LogP contribution in [0.2, 0.25) is 0 Å². The minimum Gasteiger partial charge on any atom is -0.495 e. The number of benzene rings is 2. The maximum absolute atomic E-state index is 12.8. The first kappa shape index (κ1) is 17.0. The van der Waals surface area contributed by atoms with Gasteiger partial charge in [-0.15, -0.1) is 0 Å². The van der Waals surface area contributed by atoms with E-state index in [0.717, 1.165) is 5.69 Å². The van der Waals surface area contributed by atoms with Crippen molar-refractivity contribution in [2.24, 2.45) is 0 Å². The number of sulfonamides is 1. The van der Waals surface area contributed by atoms with Crippen molar-refractivity contribution in [3.63, 3.8) is 0 Å². The molecule has 0 unspecified atom stereocenters. The first-order chi connectivity index (χ1) is 11.9. The molecule has 0 saturated carbocycles. The predicted octanol–water partition coefficient (Wildman–Crippen LogP) is 3.30. The second kappa shape index (κ2) is 6.60. The molecule has 0 radical (unpaired) electrons. The van der Waals surface area contributed by atoms with Crippen molar-refractivity contribution >= 4 is 15.7 Å². The van der Waals surface area contributed by atoms with Crippen molar-refractivity contribution in [1.82, 2.24) is 9.78 Å². The lowest BCUT2D eigenvalue weighted by molar-refractivity contribution is 0.403. The van der Waals surface area contributed by atoms with Crippen LogP contribution in [0.3, 0.4) is 0 Å². The van der Waals surface area contributed by atoms with Gasteiger partial charge in [0.25, 0.3) is 10.0 Å². The van der Waals surface area contributed by atoms with Crippen LogP contribution in [-0.4, -0.2) is 25.3 Å². The number of rotatable bonds is 5. The zero-order chi connectivity index (χ0) is 18.0. The topological polar surface area (TPSA) is 73.2 Å². The summed E-state index contributed by atoms with van der Waals surface area (Å²) in [5.41, 5.74) is 2.64. The van der Waals surface area contributed by atoms with Gasteiger partial charge in [-0.05, 0) is 38.1 Å². The van der Waals surface area contributed by atoms with Gasteiger partial charge in [0.2, 0.25) is 0 Å². The van der Waals surface area contributed by atoms with Crippen molar-refractivity contribution in [3.8, 4) is 11.4 Å². The molecule has 0 saturated heterocycles. The Hall–Kier alpha value is -2.80. The molecule has 0 aliphatic heterocycles. The number of aromatic nitrogens is 2. The number of anilines is 1. The van der Waals surface area contributed by atoms with Crippen molar-refractivity contribution in [1.29, 1.82) is 0 Å². The summed E-state index contributed by atoms with van der Waals surface area (Å²) in [6.07, 6.45) is 0. The largest absolute Gasteiger partial charge is 0.495 e. The van der Waals surface area contributed by atoms with E-state index in [0.29, 0.717) is 22.8 Å². The Bertz CT molecular complexity index is 996. The van der Waals surface area contributed by atoms with E-state index in [1.54, 1.807) is 29.8 Å². The van der Waals surface area contributed by atoms with Crippen LogP contribution >= 0.6 is 0 Å². The molecule has 130 valence electrons. The molecule has 0 spiro atoms. The van der Waals surface area contributed by atoms with E-state index in [1.165, 1.54) is 13.2 Å². The highest BCUT2D eigenvalue weighted by atomic mass is 32.2. The predicted molar refractivity (Wildman–Crippen MR) is 96.8 cm³/mol. The SMILES string of the molecule is COc1ccccc1S(=O)(=O)Nc1c(C)nn(-c2ccccc2)c1C. The zero-order valence-corrected chi connectivity index (χ0v) is 15.0. The van der Waals surface area contributed by atoms with Crippen LogP contribution in [0, 0.1) is 13.8 Å². The Balaban J connectivity index is 2.03. The third-order valence-electron chi connectivity index (χ3n) is 3.89. The average Bonchev–Trinajstić information content (AvgIpc) is 2.90. The lowest BCUT2D eigenvalue weighted by atomic mass is 10.3. The molecule has 3 rings (SSSR count). The molecule has 0 bridgehead atoms. The maximum atomic E-state index is 12.8. The summed E-state index contributed by atoms with van der Waals surface area (Å²) in [6.45, 7) is 3.60. The van der Waals surface area contributed by atoms with E-state index < -0.39 is 10.0 Å². The van der Waals surface area contributed by atoms with Crippen molar-refractivity contribution in [2.75, 3.05) is 11.8 Å². The highest BCUT2D eigenvalue weighted by Crippen LogP contribution is 2.29. The highest BCUT2D eigenvalue weighted by molar-refractivity contribution is 7.92. The van der Waals surface area contributed by atoms with Crippen LogP contribution in [0.1, 0.15) is 11.4 Å². The Labute approximate surface area is 147 Å². The third kappa shape index (κ3) is 3.23. The first-order valence-corrected chi connectivity index (χ1v) is 9.20. The summed E-state index contributed by atoms with van der Waals surface area (Å²) in [5, 5.41) is 4.46. The van der Waals surface area contributed by atoms with Gasteiger partial charge in [-0.1, -0.05) is 30.3 Å². The Morgan fingerprint density at radius 1 is 1.00 bits per heavy atom. The number of para-hydroxylation sites is 2. The van der Waals surface area contributed by atoms with Gasteiger partial charge in [-0.25, -0.2) is 13.1 Å². The van der Waals surface area contributed by atoms with Crippen LogP contribution in [0.4, 0.5) is 5.69 Å². The third-order valence-corrected chi connectivity index (χ3v) is 5.28. The van der Waals surface area contributed by atoms with Crippen LogP contribution in [-0.2, 0) is 10.0 Å². The smallest absolute Gasteiger partial charge is 0.265 e. The number of hydrogen-bond acceptors (Lipinski definition) is 4. The lowest BCUT2D eigenvalue weighted by Crippen LogP contribution is -2.15. The molecule has 25 heavy (non-hydrogen) atoms. The molecule has 6 nitrogen and oxygen atoms in total. The van der Waals surface area contributed by atoms with Crippen molar-refractivity contribution < 1.29 is 13.2 Å². The molecular weight excluding hydrogens is 338 g/mol. The molecule has 7 heteroatoms. The fraction of sp³-hybridized carbons (Fsp3) is 0.167. The molecule has 1 heterocycles. The first-order valence-electron chi connectivity index (χ1n) is 7.71. The summed E-state index contributed by atoms with van der Waals surface area (Å²) >= 11 is 0. The van der Waals surface area contributed by atoms with Gasteiger partial charge < -0.3 is 4.74 Å². The van der Waals surface area contributed by atoms with E-state index in [9.17, 15) is 8.42 Å². The second-order valence-corrected chi connectivity index (χ2v) is 7.20. The van der Waals surface area contributed by atoms with Crippen LogP contribution < -0.4 is 9.46 Å². The lowest BCUT2D eigenvalue weighted by Gasteiger charge is -2.12. The van der Waals surface area contributed by atoms with Crippen molar-refractivity contribution in [3.05, 3.63) is 66.0 Å². The van der Waals surface area contributed by atoms with E-state index in [1.807, 2.05) is 37.3 Å². The minimum absolute atomic E-state index is 0.0868. The monoisotopic (exact) mass is 357 g/mol. The molecule has 0 amide bonds. The van der Waals surface area contributed by atoms with Crippen molar-refractivity contribution in [2.45, 2.75) is 18.7 Å². The van der Waals surface area contributed by atoms with Crippen LogP contribution in [0.15, 0.2) is 59.5 Å². The molecule has 1 aromatic heterocycles. The van der Waals surface area contributed by atoms with E-state index >= 15 is 0 Å². The molecule has 0 atom stereocenters. The summed E-state index contributed by atoms with van der Waals surface area (Å²) in [4.78, 5) is 0.0868. The number of hydrogen-bond donors (Lipinski definition) is 1. The number of nitrogens with zero attached hydrogens (tertiary/aromatic N) is 2. The van der Waals surface area contributed by atoms with Gasteiger partial charge in [0.1, 0.15) is 10.6 Å². The van der Waals surface area contributed by atoms with Gasteiger partial charge in [0, 0.05) is 0 Å². The maximum Gasteiger partial charge on any atom is 0.265 e. The molecular formula is C18H19N3O3S. The van der Waals surface area contributed by atoms with E-state index in [-0.39, 0.29) is 4.90 Å². The molecule has 0 aliphatic rings. The zero-order valence-electron chi connectivity index (χ0n) is 14.2. The minimum atomic E-state index is -3.80. The molecule has 2 aromatic carbocycles. The Morgan fingerprint density at radius 2 is 1.64 bits per heavy atom. The fourth-order valence-corrected chi connectivity index (χ4v) is 3.99. The molecule has 0 aliphatic carbocycles. The van der Waals surface area contributed by atoms with Gasteiger partial charge in [-0.2, -0.15) is 5.10 Å². The van der Waals surface area contributed by atoms with E-state index in [2.05, 4.69) is 9.82 Å². The summed E-state index contributed by atoms with van der Waals surface area (Å²) in [5.74, 6) is 0.292. The molecule has 3 aromatic rings. The van der Waals surface area contributed by atoms with Gasteiger partial charge in [0.15, 0.2) is 0 Å². The standard InChI is InChI=1S/C18H19N3O3S/c1-13-18(14(2)21(19-13)15-9-5-4-6-10-15)20-25(22,23)17-12-8-7-11-16(17)24-3/h4-12,20H,1-3H3. The average molecular weight is 357 g/mol. The summed E-state index contributed by atoms with van der Waals surface area (Å²) in [7, 11) is -2.36. The highest BCUT2D eigenvalue weighted by Gasteiger charge is 2.23. The van der Waals surface area contributed by atoms with Gasteiger partial charge >= 0.3 is 0 Å². The molecule has 0 fully saturated rings. The van der Waals surface area contributed by atoms with Crippen LogP contribution in [0.25, 0.3) is 5.69 Å². The second-order valence-electron chi connectivity index (χ2n) is 5.55.